The number of pyridine rings is 1. The predicted molar refractivity (Wildman–Crippen MR) is 64.7 cm³/mol. The topological polar surface area (TPSA) is 56.0 Å². The van der Waals surface area contributed by atoms with Crippen LogP contribution in [0, 0.1) is 0 Å². The molecule has 0 bridgehead atoms. The summed E-state index contributed by atoms with van der Waals surface area (Å²) in [6.45, 7) is 1.64. The summed E-state index contributed by atoms with van der Waals surface area (Å²) in [6, 6.07) is 6.65. The largest absolute Gasteiger partial charge is 0.321 e. The first-order valence-electron chi connectivity index (χ1n) is 4.94. The van der Waals surface area contributed by atoms with Crippen LogP contribution in [-0.4, -0.2) is 16.8 Å². The number of rotatable bonds is 2. The molecule has 1 aromatic heterocycles. The van der Waals surface area contributed by atoms with E-state index in [2.05, 4.69) is 4.98 Å². The standard InChI is InChI=1S/C12H11ClN2O/c1-7(14)12(16)10-9(13)5-4-8-3-2-6-15-11(8)10/h2-7H,14H2,1H3. The number of ketones is 1. The van der Waals surface area contributed by atoms with Crippen molar-refractivity contribution >= 4 is 28.3 Å². The average Bonchev–Trinajstić information content (AvgIpc) is 2.28. The summed E-state index contributed by atoms with van der Waals surface area (Å²) in [5.74, 6) is -0.186. The summed E-state index contributed by atoms with van der Waals surface area (Å²) in [7, 11) is 0. The lowest BCUT2D eigenvalue weighted by Crippen LogP contribution is -2.27. The zero-order chi connectivity index (χ0) is 11.7. The molecule has 1 atom stereocenters. The van der Waals surface area contributed by atoms with E-state index in [-0.39, 0.29) is 5.78 Å². The molecule has 16 heavy (non-hydrogen) atoms. The van der Waals surface area contributed by atoms with Gasteiger partial charge in [-0.15, -0.1) is 0 Å². The molecule has 1 unspecified atom stereocenters. The van der Waals surface area contributed by atoms with Crippen molar-refractivity contribution in [3.63, 3.8) is 0 Å². The second-order valence-electron chi connectivity index (χ2n) is 3.65. The highest BCUT2D eigenvalue weighted by molar-refractivity contribution is 6.36. The average molecular weight is 235 g/mol. The van der Waals surface area contributed by atoms with Gasteiger partial charge in [0.2, 0.25) is 0 Å². The number of Topliss-reactive ketones (excluding diaryl/α,β-unsaturated/α-hetero) is 1. The molecular formula is C12H11ClN2O. The Morgan fingerprint density at radius 3 is 2.88 bits per heavy atom. The Bertz CT molecular complexity index is 552. The maximum atomic E-state index is 11.9. The third kappa shape index (κ3) is 1.79. The van der Waals surface area contributed by atoms with Crippen LogP contribution in [0.25, 0.3) is 10.9 Å². The smallest absolute Gasteiger partial charge is 0.182 e. The number of carbonyl (C=O) groups is 1. The Kier molecular flexibility index (Phi) is 2.90. The normalized spacial score (nSPS) is 12.7. The molecule has 0 fully saturated rings. The van der Waals surface area contributed by atoms with Crippen LogP contribution < -0.4 is 5.73 Å². The highest BCUT2D eigenvalue weighted by Crippen LogP contribution is 2.25. The van der Waals surface area contributed by atoms with Crippen molar-refractivity contribution in [2.45, 2.75) is 13.0 Å². The molecule has 0 aliphatic carbocycles. The summed E-state index contributed by atoms with van der Waals surface area (Å²) in [5, 5.41) is 1.28. The number of halogens is 1. The molecule has 0 amide bonds. The van der Waals surface area contributed by atoms with Crippen LogP contribution in [0.5, 0.6) is 0 Å². The first kappa shape index (κ1) is 11.0. The van der Waals surface area contributed by atoms with Crippen LogP contribution in [-0.2, 0) is 0 Å². The molecule has 2 aromatic rings. The van der Waals surface area contributed by atoms with Crippen molar-refractivity contribution in [3.05, 3.63) is 41.0 Å². The summed E-state index contributed by atoms with van der Waals surface area (Å²) in [4.78, 5) is 16.1. The number of carbonyl (C=O) groups excluding carboxylic acids is 1. The molecule has 82 valence electrons. The third-order valence-electron chi connectivity index (χ3n) is 2.38. The molecule has 1 aromatic carbocycles. The van der Waals surface area contributed by atoms with E-state index in [1.165, 1.54) is 0 Å². The molecule has 1 heterocycles. The number of aromatic nitrogens is 1. The van der Waals surface area contributed by atoms with E-state index < -0.39 is 6.04 Å². The molecule has 0 saturated carbocycles. The van der Waals surface area contributed by atoms with Gasteiger partial charge in [-0.1, -0.05) is 23.7 Å². The second kappa shape index (κ2) is 4.20. The Balaban J connectivity index is 2.75. The zero-order valence-electron chi connectivity index (χ0n) is 8.77. The predicted octanol–water partition coefficient (Wildman–Crippen LogP) is 2.42. The van der Waals surface area contributed by atoms with Gasteiger partial charge in [0.25, 0.3) is 0 Å². The molecule has 2 N–H and O–H groups in total. The fraction of sp³-hybridized carbons (Fsp3) is 0.167. The van der Waals surface area contributed by atoms with Gasteiger partial charge in [-0.25, -0.2) is 0 Å². The maximum absolute atomic E-state index is 11.9. The highest BCUT2D eigenvalue weighted by Gasteiger charge is 2.18. The van der Waals surface area contributed by atoms with Gasteiger partial charge in [-0.2, -0.15) is 0 Å². The summed E-state index contributed by atoms with van der Waals surface area (Å²) in [5.41, 5.74) is 6.61. The Labute approximate surface area is 98.2 Å². The van der Waals surface area contributed by atoms with E-state index in [1.807, 2.05) is 18.2 Å². The lowest BCUT2D eigenvalue weighted by Gasteiger charge is -2.09. The van der Waals surface area contributed by atoms with Gasteiger partial charge in [-0.05, 0) is 19.1 Å². The van der Waals surface area contributed by atoms with Gasteiger partial charge in [0.05, 0.1) is 22.1 Å². The fourth-order valence-corrected chi connectivity index (χ4v) is 1.83. The molecule has 4 heteroatoms. The fourth-order valence-electron chi connectivity index (χ4n) is 1.58. The van der Waals surface area contributed by atoms with Crippen LogP contribution in [0.2, 0.25) is 5.02 Å². The summed E-state index contributed by atoms with van der Waals surface area (Å²) in [6.07, 6.45) is 1.64. The van der Waals surface area contributed by atoms with E-state index in [0.717, 1.165) is 5.39 Å². The van der Waals surface area contributed by atoms with Gasteiger partial charge in [0, 0.05) is 11.6 Å². The first-order chi connectivity index (χ1) is 7.61. The lowest BCUT2D eigenvalue weighted by atomic mass is 10.0. The van der Waals surface area contributed by atoms with E-state index in [0.29, 0.717) is 16.1 Å². The van der Waals surface area contributed by atoms with Crippen molar-refractivity contribution in [3.8, 4) is 0 Å². The van der Waals surface area contributed by atoms with E-state index >= 15 is 0 Å². The minimum Gasteiger partial charge on any atom is -0.321 e. The lowest BCUT2D eigenvalue weighted by molar-refractivity contribution is 0.0969. The van der Waals surface area contributed by atoms with E-state index in [9.17, 15) is 4.79 Å². The molecule has 0 spiro atoms. The molecule has 3 nitrogen and oxygen atoms in total. The molecule has 0 saturated heterocycles. The van der Waals surface area contributed by atoms with E-state index in [4.69, 9.17) is 17.3 Å². The SMILES string of the molecule is CC(N)C(=O)c1c(Cl)ccc2cccnc12. The molecular weight excluding hydrogens is 224 g/mol. The van der Waals surface area contributed by atoms with Crippen LogP contribution in [0.15, 0.2) is 30.5 Å². The molecule has 0 aliphatic heterocycles. The minimum absolute atomic E-state index is 0.186. The van der Waals surface area contributed by atoms with Crippen molar-refractivity contribution < 1.29 is 4.79 Å². The number of hydrogen-bond donors (Lipinski definition) is 1. The highest BCUT2D eigenvalue weighted by atomic mass is 35.5. The second-order valence-corrected chi connectivity index (χ2v) is 4.06. The Morgan fingerprint density at radius 1 is 1.44 bits per heavy atom. The van der Waals surface area contributed by atoms with Gasteiger partial charge in [0.1, 0.15) is 0 Å². The van der Waals surface area contributed by atoms with Gasteiger partial charge < -0.3 is 5.73 Å². The molecule has 0 aliphatic rings. The van der Waals surface area contributed by atoms with Crippen molar-refractivity contribution in [2.24, 2.45) is 5.73 Å². The molecule has 0 radical (unpaired) electrons. The summed E-state index contributed by atoms with van der Waals surface area (Å²) >= 11 is 6.03. The van der Waals surface area contributed by atoms with Crippen LogP contribution >= 0.6 is 11.6 Å². The monoisotopic (exact) mass is 234 g/mol. The molecule has 2 rings (SSSR count). The van der Waals surface area contributed by atoms with Crippen LogP contribution in [0.1, 0.15) is 17.3 Å². The van der Waals surface area contributed by atoms with Crippen molar-refractivity contribution in [1.82, 2.24) is 4.98 Å². The van der Waals surface area contributed by atoms with Crippen LogP contribution in [0.4, 0.5) is 0 Å². The van der Waals surface area contributed by atoms with Gasteiger partial charge >= 0.3 is 0 Å². The Hall–Kier alpha value is -1.45. The van der Waals surface area contributed by atoms with Crippen LogP contribution in [0.3, 0.4) is 0 Å². The van der Waals surface area contributed by atoms with Gasteiger partial charge in [0.15, 0.2) is 5.78 Å². The number of benzene rings is 1. The number of fused-ring (bicyclic) bond motifs is 1. The maximum Gasteiger partial charge on any atom is 0.182 e. The van der Waals surface area contributed by atoms with Crippen molar-refractivity contribution in [2.75, 3.05) is 0 Å². The zero-order valence-corrected chi connectivity index (χ0v) is 9.53. The van der Waals surface area contributed by atoms with Crippen molar-refractivity contribution in [1.29, 1.82) is 0 Å². The number of nitrogens with zero attached hydrogens (tertiary/aromatic N) is 1. The van der Waals surface area contributed by atoms with Gasteiger partial charge in [-0.3, -0.25) is 9.78 Å². The first-order valence-corrected chi connectivity index (χ1v) is 5.32. The minimum atomic E-state index is -0.579. The summed E-state index contributed by atoms with van der Waals surface area (Å²) < 4.78 is 0. The Morgan fingerprint density at radius 2 is 2.19 bits per heavy atom. The van der Waals surface area contributed by atoms with E-state index in [1.54, 1.807) is 19.2 Å². The number of hydrogen-bond acceptors (Lipinski definition) is 3. The number of nitrogens with two attached hydrogens (primary N) is 1. The third-order valence-corrected chi connectivity index (χ3v) is 2.70. The quantitative estimate of drug-likeness (QED) is 0.812.